The summed E-state index contributed by atoms with van der Waals surface area (Å²) < 4.78 is 4.78. The quantitative estimate of drug-likeness (QED) is 0.744. The number of carbonyl (C=O) groups is 3. The number of nitrogens with zero attached hydrogens (tertiary/aromatic N) is 1. The lowest BCUT2D eigenvalue weighted by Gasteiger charge is -2.07. The van der Waals surface area contributed by atoms with Gasteiger partial charge < -0.3 is 15.2 Å². The van der Waals surface area contributed by atoms with Gasteiger partial charge in [0, 0.05) is 24.4 Å². The number of aromatic nitrogens is 1. The zero-order valence-electron chi connectivity index (χ0n) is 12.0. The molecule has 0 atom stereocenters. The molecule has 22 heavy (non-hydrogen) atoms. The van der Waals surface area contributed by atoms with Crippen LogP contribution in [0.25, 0.3) is 0 Å². The highest BCUT2D eigenvalue weighted by Gasteiger charge is 2.15. The molecule has 0 saturated carbocycles. The van der Waals surface area contributed by atoms with Crippen molar-refractivity contribution in [3.63, 3.8) is 0 Å². The molecule has 1 aromatic heterocycles. The van der Waals surface area contributed by atoms with Crippen LogP contribution in [-0.4, -0.2) is 22.9 Å². The summed E-state index contributed by atoms with van der Waals surface area (Å²) in [6.45, 7) is 3.04. The standard InChI is InChI=1S/C14H14N4O4/c1-8-6-12(18-22-8)17-14(21)13(20)16-11-5-3-4-10(7-11)15-9(2)19/h3-7H,1-2H3,(H,15,19)(H,16,20)(H,17,18,21). The Labute approximate surface area is 125 Å². The molecule has 1 aromatic carbocycles. The van der Waals surface area contributed by atoms with Gasteiger partial charge in [-0.25, -0.2) is 0 Å². The van der Waals surface area contributed by atoms with E-state index in [0.29, 0.717) is 17.1 Å². The van der Waals surface area contributed by atoms with Crippen LogP contribution < -0.4 is 16.0 Å². The maximum atomic E-state index is 11.8. The van der Waals surface area contributed by atoms with Crippen molar-refractivity contribution in [1.82, 2.24) is 5.16 Å². The molecule has 3 N–H and O–H groups in total. The first-order valence-electron chi connectivity index (χ1n) is 6.37. The predicted octanol–water partition coefficient (Wildman–Crippen LogP) is 1.52. The van der Waals surface area contributed by atoms with Gasteiger partial charge in [0.2, 0.25) is 5.91 Å². The summed E-state index contributed by atoms with van der Waals surface area (Å²) in [5.41, 5.74) is 0.889. The number of hydrogen-bond acceptors (Lipinski definition) is 5. The molecule has 8 heteroatoms. The molecular formula is C14H14N4O4. The molecule has 8 nitrogen and oxygen atoms in total. The lowest BCUT2D eigenvalue weighted by molar-refractivity contribution is -0.133. The third kappa shape index (κ3) is 4.17. The topological polar surface area (TPSA) is 113 Å². The SMILES string of the molecule is CC(=O)Nc1cccc(NC(=O)C(=O)Nc2cc(C)on2)c1. The van der Waals surface area contributed by atoms with Gasteiger partial charge in [-0.2, -0.15) is 0 Å². The minimum absolute atomic E-state index is 0.157. The number of benzene rings is 1. The molecule has 0 aliphatic rings. The van der Waals surface area contributed by atoms with Crippen LogP contribution in [0.5, 0.6) is 0 Å². The molecule has 114 valence electrons. The van der Waals surface area contributed by atoms with Crippen molar-refractivity contribution < 1.29 is 18.9 Å². The van der Waals surface area contributed by atoms with E-state index in [1.165, 1.54) is 19.1 Å². The average Bonchev–Trinajstić information content (AvgIpc) is 2.83. The van der Waals surface area contributed by atoms with E-state index in [9.17, 15) is 14.4 Å². The fourth-order valence-corrected chi connectivity index (χ4v) is 1.66. The highest BCUT2D eigenvalue weighted by Crippen LogP contribution is 2.15. The predicted molar refractivity (Wildman–Crippen MR) is 79.2 cm³/mol. The summed E-state index contributed by atoms with van der Waals surface area (Å²) in [6.07, 6.45) is 0. The lowest BCUT2D eigenvalue weighted by atomic mass is 10.2. The number of rotatable bonds is 3. The second-order valence-corrected chi connectivity index (χ2v) is 4.49. The van der Waals surface area contributed by atoms with Crippen molar-refractivity contribution in [2.45, 2.75) is 13.8 Å². The van der Waals surface area contributed by atoms with Crippen LogP contribution in [0.1, 0.15) is 12.7 Å². The first-order valence-corrected chi connectivity index (χ1v) is 6.37. The Bertz CT molecular complexity index is 723. The Kier molecular flexibility index (Phi) is 4.52. The normalized spacial score (nSPS) is 9.91. The molecule has 0 radical (unpaired) electrons. The minimum atomic E-state index is -0.877. The summed E-state index contributed by atoms with van der Waals surface area (Å²) in [5, 5.41) is 10.9. The minimum Gasteiger partial charge on any atom is -0.360 e. The smallest absolute Gasteiger partial charge is 0.315 e. The second-order valence-electron chi connectivity index (χ2n) is 4.49. The molecule has 0 saturated heterocycles. The van der Waals surface area contributed by atoms with Crippen molar-refractivity contribution >= 4 is 34.9 Å². The van der Waals surface area contributed by atoms with E-state index in [0.717, 1.165) is 0 Å². The third-order valence-electron chi connectivity index (χ3n) is 2.52. The number of amides is 3. The zero-order valence-corrected chi connectivity index (χ0v) is 12.0. The fraction of sp³-hybridized carbons (Fsp3) is 0.143. The molecule has 0 unspecified atom stereocenters. The van der Waals surface area contributed by atoms with Gasteiger partial charge in [-0.05, 0) is 25.1 Å². The Balaban J connectivity index is 1.99. The van der Waals surface area contributed by atoms with Gasteiger partial charge in [-0.15, -0.1) is 0 Å². The molecule has 3 amide bonds. The largest absolute Gasteiger partial charge is 0.360 e. The molecule has 0 spiro atoms. The lowest BCUT2D eigenvalue weighted by Crippen LogP contribution is -2.29. The van der Waals surface area contributed by atoms with Crippen LogP contribution in [0.3, 0.4) is 0 Å². The number of hydrogen-bond donors (Lipinski definition) is 3. The van der Waals surface area contributed by atoms with E-state index < -0.39 is 11.8 Å². The van der Waals surface area contributed by atoms with Gasteiger partial charge in [0.05, 0.1) is 0 Å². The Morgan fingerprint density at radius 3 is 2.23 bits per heavy atom. The van der Waals surface area contributed by atoms with E-state index >= 15 is 0 Å². The van der Waals surface area contributed by atoms with Crippen LogP contribution in [-0.2, 0) is 14.4 Å². The number of anilines is 3. The number of carbonyl (C=O) groups excluding carboxylic acids is 3. The maximum Gasteiger partial charge on any atom is 0.315 e. The van der Waals surface area contributed by atoms with Crippen LogP contribution in [0.2, 0.25) is 0 Å². The van der Waals surface area contributed by atoms with Crippen LogP contribution in [0.4, 0.5) is 17.2 Å². The summed E-state index contributed by atoms with van der Waals surface area (Å²) in [6, 6.07) is 7.92. The van der Waals surface area contributed by atoms with Crippen LogP contribution >= 0.6 is 0 Å². The van der Waals surface area contributed by atoms with Gasteiger partial charge in [0.25, 0.3) is 0 Å². The highest BCUT2D eigenvalue weighted by molar-refractivity contribution is 6.43. The van der Waals surface area contributed by atoms with Gasteiger partial charge in [0.15, 0.2) is 5.82 Å². The van der Waals surface area contributed by atoms with Crippen molar-refractivity contribution in [1.29, 1.82) is 0 Å². The summed E-state index contributed by atoms with van der Waals surface area (Å²) in [7, 11) is 0. The van der Waals surface area contributed by atoms with Crippen LogP contribution in [0, 0.1) is 6.92 Å². The van der Waals surface area contributed by atoms with Crippen molar-refractivity contribution in [2.24, 2.45) is 0 Å². The number of nitrogens with one attached hydrogen (secondary N) is 3. The average molecular weight is 302 g/mol. The van der Waals surface area contributed by atoms with Gasteiger partial charge in [0.1, 0.15) is 5.76 Å². The van der Waals surface area contributed by atoms with Crippen molar-refractivity contribution in [3.05, 3.63) is 36.1 Å². The monoisotopic (exact) mass is 302 g/mol. The zero-order chi connectivity index (χ0) is 16.1. The highest BCUT2D eigenvalue weighted by atomic mass is 16.5. The van der Waals surface area contributed by atoms with Gasteiger partial charge >= 0.3 is 11.8 Å². The molecule has 2 aromatic rings. The maximum absolute atomic E-state index is 11.8. The molecule has 0 bridgehead atoms. The van der Waals surface area contributed by atoms with E-state index in [1.54, 1.807) is 25.1 Å². The Morgan fingerprint density at radius 2 is 1.64 bits per heavy atom. The molecule has 0 fully saturated rings. The number of aryl methyl sites for hydroxylation is 1. The molecule has 0 aliphatic heterocycles. The Hall–Kier alpha value is -3.16. The molecule has 1 heterocycles. The van der Waals surface area contributed by atoms with E-state index in [-0.39, 0.29) is 11.7 Å². The van der Waals surface area contributed by atoms with E-state index in [1.807, 2.05) is 0 Å². The molecule has 2 rings (SSSR count). The van der Waals surface area contributed by atoms with Gasteiger partial charge in [-0.1, -0.05) is 11.2 Å². The molecular weight excluding hydrogens is 288 g/mol. The van der Waals surface area contributed by atoms with Crippen molar-refractivity contribution in [3.8, 4) is 0 Å². The molecule has 0 aliphatic carbocycles. The van der Waals surface area contributed by atoms with Crippen molar-refractivity contribution in [2.75, 3.05) is 16.0 Å². The summed E-state index contributed by atoms with van der Waals surface area (Å²) in [5.74, 6) is -1.30. The summed E-state index contributed by atoms with van der Waals surface area (Å²) >= 11 is 0. The van der Waals surface area contributed by atoms with Gasteiger partial charge in [-0.3, -0.25) is 19.7 Å². The third-order valence-corrected chi connectivity index (χ3v) is 2.52. The second kappa shape index (κ2) is 6.53. The van der Waals surface area contributed by atoms with E-state index in [4.69, 9.17) is 4.52 Å². The summed E-state index contributed by atoms with van der Waals surface area (Å²) in [4.78, 5) is 34.5. The fourth-order valence-electron chi connectivity index (χ4n) is 1.66. The Morgan fingerprint density at radius 1 is 1.00 bits per heavy atom. The van der Waals surface area contributed by atoms with E-state index in [2.05, 4.69) is 21.1 Å². The van der Waals surface area contributed by atoms with Crippen LogP contribution in [0.15, 0.2) is 34.9 Å². The first kappa shape index (κ1) is 15.2. The first-order chi connectivity index (χ1) is 10.4.